The van der Waals surface area contributed by atoms with Crippen molar-refractivity contribution in [2.75, 3.05) is 39.3 Å². The number of carboxylic acid groups (broad SMARTS) is 2. The van der Waals surface area contributed by atoms with Crippen molar-refractivity contribution in [2.24, 2.45) is 10.9 Å². The van der Waals surface area contributed by atoms with E-state index in [0.717, 1.165) is 46.6 Å². The second-order valence-corrected chi connectivity index (χ2v) is 9.39. The van der Waals surface area contributed by atoms with Gasteiger partial charge in [0.15, 0.2) is 0 Å². The molecule has 0 aromatic heterocycles. The molecule has 4 N–H and O–H groups in total. The third-order valence-electron chi connectivity index (χ3n) is 4.43. The Balaban J connectivity index is 0.000000751. The summed E-state index contributed by atoms with van der Waals surface area (Å²) in [6, 6.07) is 12.7. The highest BCUT2D eigenvalue weighted by Gasteiger charge is 2.20. The van der Waals surface area contributed by atoms with Crippen LogP contribution in [0.2, 0.25) is 5.02 Å². The molecule has 12 nitrogen and oxygen atoms in total. The van der Waals surface area contributed by atoms with Crippen LogP contribution in [0.5, 0.6) is 11.5 Å². The van der Waals surface area contributed by atoms with Gasteiger partial charge in [0, 0.05) is 52.6 Å². The third-order valence-corrected chi connectivity index (χ3v) is 6.18. The molecule has 37 heavy (non-hydrogen) atoms. The van der Waals surface area contributed by atoms with Gasteiger partial charge in [-0.05, 0) is 24.3 Å². The quantitative estimate of drug-likeness (QED) is 0.142. The average molecular weight is 559 g/mol. The van der Waals surface area contributed by atoms with Gasteiger partial charge in [-0.25, -0.2) is 0 Å². The third kappa shape index (κ3) is 13.4. The minimum absolute atomic E-state index is 0.0770. The maximum Gasteiger partial charge on any atom is 0.340 e. The van der Waals surface area contributed by atoms with Gasteiger partial charge in [-0.2, -0.15) is 13.5 Å². The largest absolute Gasteiger partial charge is 0.492 e. The molecule has 2 aromatic rings. The minimum atomic E-state index is -4.03. The molecule has 1 heterocycles. The molecule has 0 atom stereocenters. The smallest absolute Gasteiger partial charge is 0.340 e. The Kier molecular flexibility index (Phi) is 13.8. The molecule has 1 saturated heterocycles. The number of hydrazone groups is 1. The van der Waals surface area contributed by atoms with Crippen molar-refractivity contribution in [3.05, 3.63) is 53.6 Å². The fourth-order valence-corrected chi connectivity index (χ4v) is 4.34. The molecular formula is C23H31ClN4O8S. The van der Waals surface area contributed by atoms with Crippen LogP contribution in [0.25, 0.3) is 0 Å². The summed E-state index contributed by atoms with van der Waals surface area (Å²) in [5, 5.41) is 18.5. The van der Waals surface area contributed by atoms with Gasteiger partial charge in [0.1, 0.15) is 29.3 Å². The number of ether oxygens (including phenoxy) is 1. The topological polar surface area (TPSA) is 172 Å². The Bertz CT molecular complexity index is 1120. The van der Waals surface area contributed by atoms with Crippen LogP contribution in [0.15, 0.2) is 58.5 Å². The van der Waals surface area contributed by atoms with Gasteiger partial charge in [0.05, 0.1) is 5.02 Å². The van der Waals surface area contributed by atoms with E-state index in [1.807, 2.05) is 0 Å². The van der Waals surface area contributed by atoms with Crippen LogP contribution in [-0.4, -0.2) is 86.0 Å². The van der Waals surface area contributed by atoms with E-state index in [4.69, 9.17) is 46.2 Å². The highest BCUT2D eigenvalue weighted by atomic mass is 35.5. The first-order valence-electron chi connectivity index (χ1n) is 10.9. The van der Waals surface area contributed by atoms with E-state index in [1.54, 1.807) is 42.7 Å². The zero-order chi connectivity index (χ0) is 27.8. The van der Waals surface area contributed by atoms with Crippen LogP contribution in [0.1, 0.15) is 13.8 Å². The van der Waals surface area contributed by atoms with Crippen LogP contribution in [-0.2, 0) is 19.7 Å². The first-order chi connectivity index (χ1) is 17.4. The van der Waals surface area contributed by atoms with Gasteiger partial charge in [-0.15, -0.1) is 0 Å². The van der Waals surface area contributed by atoms with Crippen LogP contribution in [0, 0.1) is 0 Å². The van der Waals surface area contributed by atoms with Crippen molar-refractivity contribution < 1.29 is 37.1 Å². The molecule has 0 spiro atoms. The summed E-state index contributed by atoms with van der Waals surface area (Å²) >= 11 is 5.97. The molecular weight excluding hydrogens is 528 g/mol. The van der Waals surface area contributed by atoms with Gasteiger partial charge in [0.2, 0.25) is 0 Å². The first-order valence-corrected chi connectivity index (χ1v) is 12.7. The van der Waals surface area contributed by atoms with Crippen molar-refractivity contribution in [1.29, 1.82) is 0 Å². The molecule has 2 aromatic carbocycles. The molecule has 0 aliphatic carbocycles. The summed E-state index contributed by atoms with van der Waals surface area (Å²) < 4.78 is 35.9. The summed E-state index contributed by atoms with van der Waals surface area (Å²) in [6.07, 6.45) is 1.65. The van der Waals surface area contributed by atoms with Gasteiger partial charge in [0.25, 0.3) is 11.9 Å². The van der Waals surface area contributed by atoms with Crippen molar-refractivity contribution in [1.82, 2.24) is 9.80 Å². The van der Waals surface area contributed by atoms with E-state index in [0.29, 0.717) is 12.4 Å². The Morgan fingerprint density at radius 2 is 1.59 bits per heavy atom. The van der Waals surface area contributed by atoms with E-state index in [1.165, 1.54) is 12.1 Å². The van der Waals surface area contributed by atoms with Crippen LogP contribution < -0.4 is 14.8 Å². The molecule has 1 fully saturated rings. The summed E-state index contributed by atoms with van der Waals surface area (Å²) in [5.74, 6) is 4.20. The van der Waals surface area contributed by atoms with E-state index < -0.39 is 22.1 Å². The minimum Gasteiger partial charge on any atom is -0.492 e. The number of hydrogen-bond donors (Lipinski definition) is 3. The Morgan fingerprint density at radius 1 is 1.03 bits per heavy atom. The Labute approximate surface area is 221 Å². The number of halogens is 1. The maximum absolute atomic E-state index is 12.5. The number of rotatable bonds is 8. The summed E-state index contributed by atoms with van der Waals surface area (Å²) in [6.45, 7) is 6.93. The fourth-order valence-electron chi connectivity index (χ4n) is 2.92. The summed E-state index contributed by atoms with van der Waals surface area (Å²) in [5.41, 5.74) is 0. The standard InChI is InChI=1S/C19H23ClN4O4S.2C2H4O2/c20-18-6-1-2-7-19(18)29(25,26)28-17-5-3-4-16(14-17)27-13-12-23-8-10-24(11-9-23)15-22-21;2*1-2(3)4/h1-7,14-15H,8-13,21H2;2*1H3,(H,3,4). The molecule has 1 aliphatic rings. The molecule has 14 heteroatoms. The lowest BCUT2D eigenvalue weighted by Gasteiger charge is -2.33. The van der Waals surface area contributed by atoms with Gasteiger partial charge < -0.3 is 29.9 Å². The Morgan fingerprint density at radius 3 is 2.16 bits per heavy atom. The van der Waals surface area contributed by atoms with Gasteiger partial charge in [-0.3, -0.25) is 14.5 Å². The number of benzene rings is 2. The van der Waals surface area contributed by atoms with Crippen LogP contribution >= 0.6 is 11.6 Å². The lowest BCUT2D eigenvalue weighted by molar-refractivity contribution is -0.135. The number of nitrogens with zero attached hydrogens (tertiary/aromatic N) is 3. The molecule has 0 unspecified atom stereocenters. The zero-order valence-electron chi connectivity index (χ0n) is 20.5. The van der Waals surface area contributed by atoms with Crippen molar-refractivity contribution >= 4 is 40.0 Å². The molecule has 0 amide bonds. The molecule has 3 rings (SSSR count). The van der Waals surface area contributed by atoms with E-state index in [9.17, 15) is 8.42 Å². The summed E-state index contributed by atoms with van der Waals surface area (Å²) in [4.78, 5) is 22.3. The lowest BCUT2D eigenvalue weighted by Crippen LogP contribution is -2.46. The van der Waals surface area contributed by atoms with E-state index in [2.05, 4.69) is 14.9 Å². The predicted octanol–water partition coefficient (Wildman–Crippen LogP) is 2.19. The highest BCUT2D eigenvalue weighted by Crippen LogP contribution is 2.26. The zero-order valence-corrected chi connectivity index (χ0v) is 22.1. The second-order valence-electron chi connectivity index (χ2n) is 7.47. The van der Waals surface area contributed by atoms with Crippen molar-refractivity contribution in [3.63, 3.8) is 0 Å². The molecule has 0 saturated carbocycles. The number of carboxylic acids is 2. The van der Waals surface area contributed by atoms with E-state index >= 15 is 0 Å². The van der Waals surface area contributed by atoms with Crippen LogP contribution in [0.4, 0.5) is 0 Å². The molecule has 0 radical (unpaired) electrons. The normalized spacial score (nSPS) is 13.5. The number of carbonyl (C=O) groups is 2. The number of nitrogens with two attached hydrogens (primary N) is 1. The van der Waals surface area contributed by atoms with Gasteiger partial charge in [-0.1, -0.05) is 29.8 Å². The first kappa shape index (κ1) is 31.5. The van der Waals surface area contributed by atoms with Crippen molar-refractivity contribution in [2.45, 2.75) is 18.7 Å². The predicted molar refractivity (Wildman–Crippen MR) is 139 cm³/mol. The monoisotopic (exact) mass is 558 g/mol. The number of aliphatic carboxylic acids is 2. The van der Waals surface area contributed by atoms with E-state index in [-0.39, 0.29) is 15.7 Å². The molecule has 1 aliphatic heterocycles. The average Bonchev–Trinajstić information content (AvgIpc) is 2.80. The molecule has 204 valence electrons. The molecule has 0 bridgehead atoms. The Hall–Kier alpha value is -3.55. The SMILES string of the molecule is CC(=O)O.CC(=O)O.NN=CN1CCN(CCOc2cccc(OS(=O)(=O)c3ccccc3Cl)c2)CC1. The second kappa shape index (κ2) is 16.2. The highest BCUT2D eigenvalue weighted by molar-refractivity contribution is 7.87. The van der Waals surface area contributed by atoms with Crippen LogP contribution in [0.3, 0.4) is 0 Å². The lowest BCUT2D eigenvalue weighted by atomic mass is 10.3. The number of hydrogen-bond acceptors (Lipinski definition) is 9. The van der Waals surface area contributed by atoms with Gasteiger partial charge >= 0.3 is 10.1 Å². The fraction of sp³-hybridized carbons (Fsp3) is 0.348. The maximum atomic E-state index is 12.5. The summed E-state index contributed by atoms with van der Waals surface area (Å²) in [7, 11) is -4.03. The number of piperazine rings is 1. The van der Waals surface area contributed by atoms with Crippen molar-refractivity contribution in [3.8, 4) is 11.5 Å².